The third kappa shape index (κ3) is 1.66. The van der Waals surface area contributed by atoms with E-state index in [2.05, 4.69) is 23.0 Å². The highest BCUT2D eigenvalue weighted by Gasteiger charge is 2.11. The number of pyridine rings is 1. The van der Waals surface area contributed by atoms with Crippen molar-refractivity contribution < 1.29 is 0 Å². The van der Waals surface area contributed by atoms with E-state index >= 15 is 0 Å². The van der Waals surface area contributed by atoms with Crippen LogP contribution in [0, 0.1) is 0 Å². The molecular weight excluding hydrogens is 160 g/mol. The predicted molar refractivity (Wildman–Crippen MR) is 53.8 cm³/mol. The Morgan fingerprint density at radius 3 is 2.69 bits per heavy atom. The number of rotatable bonds is 2. The van der Waals surface area contributed by atoms with E-state index in [4.69, 9.17) is 0 Å². The molecule has 1 aromatic heterocycles. The van der Waals surface area contributed by atoms with Gasteiger partial charge in [0.15, 0.2) is 0 Å². The molecule has 2 nitrogen and oxygen atoms in total. The molecule has 0 bridgehead atoms. The molecule has 0 fully saturated rings. The molecule has 0 saturated carbocycles. The van der Waals surface area contributed by atoms with Crippen molar-refractivity contribution in [2.24, 2.45) is 4.99 Å². The number of aromatic nitrogens is 1. The summed E-state index contributed by atoms with van der Waals surface area (Å²) in [5, 5.41) is 0. The first-order valence-corrected chi connectivity index (χ1v) is 4.50. The molecule has 2 heterocycles. The molecule has 1 aliphatic rings. The normalized spacial score (nSPS) is 17.2. The van der Waals surface area contributed by atoms with Gasteiger partial charge < -0.3 is 0 Å². The minimum Gasteiger partial charge on any atom is -0.265 e. The van der Waals surface area contributed by atoms with E-state index in [0.717, 1.165) is 6.42 Å². The quantitative estimate of drug-likeness (QED) is 0.673. The number of allylic oxidation sites excluding steroid dienone is 2. The smallest absolute Gasteiger partial charge is 0.0435 e. The molecule has 0 aromatic carbocycles. The molecule has 0 saturated heterocycles. The Balaban J connectivity index is 2.22. The maximum absolute atomic E-state index is 4.33. The van der Waals surface area contributed by atoms with E-state index < -0.39 is 0 Å². The van der Waals surface area contributed by atoms with E-state index in [0.29, 0.717) is 5.92 Å². The number of hydrogen-bond acceptors (Lipinski definition) is 2. The number of aliphatic imine (C=N–C) groups is 1. The molecule has 13 heavy (non-hydrogen) atoms. The summed E-state index contributed by atoms with van der Waals surface area (Å²) in [5.41, 5.74) is 2.45. The molecule has 66 valence electrons. The van der Waals surface area contributed by atoms with Crippen LogP contribution in [0.15, 0.2) is 41.3 Å². The minimum absolute atomic E-state index is 0.391. The summed E-state index contributed by atoms with van der Waals surface area (Å²) in [6, 6.07) is 4.08. The second-order valence-electron chi connectivity index (χ2n) is 3.18. The van der Waals surface area contributed by atoms with Crippen molar-refractivity contribution in [1.82, 2.24) is 4.98 Å². The first-order chi connectivity index (χ1) is 6.38. The van der Waals surface area contributed by atoms with Crippen LogP contribution >= 0.6 is 0 Å². The van der Waals surface area contributed by atoms with Crippen molar-refractivity contribution in [3.05, 3.63) is 41.9 Å². The molecule has 1 atom stereocenters. The third-order valence-electron chi connectivity index (χ3n) is 2.32. The highest BCUT2D eigenvalue weighted by molar-refractivity contribution is 5.65. The lowest BCUT2D eigenvalue weighted by molar-refractivity contribution is 0.879. The van der Waals surface area contributed by atoms with Gasteiger partial charge in [-0.15, -0.1) is 0 Å². The number of hydrogen-bond donors (Lipinski definition) is 0. The van der Waals surface area contributed by atoms with E-state index in [1.807, 2.05) is 30.7 Å². The Bertz CT molecular complexity index is 338. The van der Waals surface area contributed by atoms with Crippen molar-refractivity contribution in [1.29, 1.82) is 0 Å². The topological polar surface area (TPSA) is 25.2 Å². The van der Waals surface area contributed by atoms with Gasteiger partial charge in [-0.3, -0.25) is 9.98 Å². The molecule has 1 aromatic rings. The average molecular weight is 172 g/mol. The van der Waals surface area contributed by atoms with Gasteiger partial charge in [-0.25, -0.2) is 0 Å². The fraction of sp³-hybridized carbons (Fsp3) is 0.273. The van der Waals surface area contributed by atoms with Crippen LogP contribution in [0.5, 0.6) is 0 Å². The van der Waals surface area contributed by atoms with Gasteiger partial charge in [0.2, 0.25) is 0 Å². The zero-order chi connectivity index (χ0) is 9.10. The highest BCUT2D eigenvalue weighted by atomic mass is 14.8. The Hall–Kier alpha value is -1.44. The summed E-state index contributed by atoms with van der Waals surface area (Å²) in [7, 11) is 0. The Morgan fingerprint density at radius 1 is 1.31 bits per heavy atom. The lowest BCUT2D eigenvalue weighted by Gasteiger charge is -2.09. The van der Waals surface area contributed by atoms with Gasteiger partial charge in [0.05, 0.1) is 0 Å². The lowest BCUT2D eigenvalue weighted by Crippen LogP contribution is -1.94. The minimum atomic E-state index is 0.391. The van der Waals surface area contributed by atoms with Crippen LogP contribution < -0.4 is 0 Å². The van der Waals surface area contributed by atoms with Gasteiger partial charge in [-0.2, -0.15) is 0 Å². The van der Waals surface area contributed by atoms with Crippen molar-refractivity contribution in [3.8, 4) is 0 Å². The SMILES string of the molecule is CC(C1=CCC=N1)c1ccncc1. The summed E-state index contributed by atoms with van der Waals surface area (Å²) < 4.78 is 0. The number of nitrogens with zero attached hydrogens (tertiary/aromatic N) is 2. The van der Waals surface area contributed by atoms with Crippen LogP contribution in [0.4, 0.5) is 0 Å². The van der Waals surface area contributed by atoms with E-state index in [1.165, 1.54) is 11.3 Å². The maximum atomic E-state index is 4.33. The molecule has 1 unspecified atom stereocenters. The van der Waals surface area contributed by atoms with Gasteiger partial charge in [0, 0.05) is 36.6 Å². The molecule has 0 amide bonds. The Morgan fingerprint density at radius 2 is 2.08 bits per heavy atom. The molecule has 2 heteroatoms. The lowest BCUT2D eigenvalue weighted by atomic mass is 9.99. The van der Waals surface area contributed by atoms with Crippen LogP contribution in [0.2, 0.25) is 0 Å². The second kappa shape index (κ2) is 3.52. The zero-order valence-corrected chi connectivity index (χ0v) is 7.64. The van der Waals surface area contributed by atoms with Crippen molar-refractivity contribution in [2.75, 3.05) is 0 Å². The van der Waals surface area contributed by atoms with Crippen LogP contribution in [0.25, 0.3) is 0 Å². The first kappa shape index (κ1) is 8.17. The predicted octanol–water partition coefficient (Wildman–Crippen LogP) is 2.54. The Kier molecular flexibility index (Phi) is 2.21. The zero-order valence-electron chi connectivity index (χ0n) is 7.64. The van der Waals surface area contributed by atoms with Crippen LogP contribution in [-0.2, 0) is 0 Å². The van der Waals surface area contributed by atoms with E-state index in [1.54, 1.807) is 0 Å². The van der Waals surface area contributed by atoms with Gasteiger partial charge in [0.1, 0.15) is 0 Å². The largest absolute Gasteiger partial charge is 0.265 e. The molecule has 1 aliphatic heterocycles. The first-order valence-electron chi connectivity index (χ1n) is 4.50. The molecular formula is C11H12N2. The summed E-state index contributed by atoms with van der Waals surface area (Å²) in [5.74, 6) is 0.391. The molecule has 0 radical (unpaired) electrons. The fourth-order valence-corrected chi connectivity index (χ4v) is 1.50. The fourth-order valence-electron chi connectivity index (χ4n) is 1.50. The average Bonchev–Trinajstić information content (AvgIpc) is 2.71. The van der Waals surface area contributed by atoms with E-state index in [-0.39, 0.29) is 0 Å². The summed E-state index contributed by atoms with van der Waals surface area (Å²) in [6.07, 6.45) is 8.75. The van der Waals surface area contributed by atoms with Crippen molar-refractivity contribution in [2.45, 2.75) is 19.3 Å². The van der Waals surface area contributed by atoms with Gasteiger partial charge in [-0.05, 0) is 17.7 Å². The molecule has 2 rings (SSSR count). The monoisotopic (exact) mass is 172 g/mol. The van der Waals surface area contributed by atoms with Gasteiger partial charge in [-0.1, -0.05) is 13.0 Å². The standard InChI is InChI=1S/C11H12N2/c1-9(11-3-2-6-13-11)10-4-7-12-8-5-10/h3-9H,2H2,1H3. The molecule has 0 aliphatic carbocycles. The van der Waals surface area contributed by atoms with Crippen molar-refractivity contribution >= 4 is 6.21 Å². The molecule has 0 spiro atoms. The van der Waals surface area contributed by atoms with Gasteiger partial charge in [0.25, 0.3) is 0 Å². The Labute approximate surface area is 78.0 Å². The second-order valence-corrected chi connectivity index (χ2v) is 3.18. The van der Waals surface area contributed by atoms with Crippen LogP contribution in [-0.4, -0.2) is 11.2 Å². The van der Waals surface area contributed by atoms with Crippen molar-refractivity contribution in [3.63, 3.8) is 0 Å². The maximum Gasteiger partial charge on any atom is 0.0435 e. The third-order valence-corrected chi connectivity index (χ3v) is 2.32. The summed E-state index contributed by atoms with van der Waals surface area (Å²) >= 11 is 0. The summed E-state index contributed by atoms with van der Waals surface area (Å²) in [4.78, 5) is 8.32. The van der Waals surface area contributed by atoms with Crippen LogP contribution in [0.1, 0.15) is 24.8 Å². The van der Waals surface area contributed by atoms with Gasteiger partial charge >= 0.3 is 0 Å². The summed E-state index contributed by atoms with van der Waals surface area (Å²) in [6.45, 7) is 2.17. The van der Waals surface area contributed by atoms with Crippen LogP contribution in [0.3, 0.4) is 0 Å². The molecule has 0 N–H and O–H groups in total. The van der Waals surface area contributed by atoms with E-state index in [9.17, 15) is 0 Å². The highest BCUT2D eigenvalue weighted by Crippen LogP contribution is 2.26.